The highest BCUT2D eigenvalue weighted by Crippen LogP contribution is 2.53. The molecule has 2 aliphatic heterocycles. The van der Waals surface area contributed by atoms with Crippen molar-refractivity contribution in [3.63, 3.8) is 0 Å². The lowest BCUT2D eigenvalue weighted by atomic mass is 9.79. The molecule has 0 saturated heterocycles. The minimum atomic E-state index is -0.641. The van der Waals surface area contributed by atoms with Crippen LogP contribution in [0.4, 0.5) is 14.9 Å². The van der Waals surface area contributed by atoms with Crippen molar-refractivity contribution in [3.05, 3.63) is 83.2 Å². The van der Waals surface area contributed by atoms with Gasteiger partial charge in [0.05, 0.1) is 23.9 Å². The molecule has 3 aromatic rings. The maximum absolute atomic E-state index is 13.7. The Hall–Kier alpha value is -3.80. The van der Waals surface area contributed by atoms with Gasteiger partial charge in [-0.15, -0.1) is 0 Å². The van der Waals surface area contributed by atoms with Gasteiger partial charge in [-0.25, -0.2) is 9.18 Å². The Kier molecular flexibility index (Phi) is 6.25. The number of hydrogen-bond donors (Lipinski definition) is 0. The van der Waals surface area contributed by atoms with Crippen molar-refractivity contribution in [2.75, 3.05) is 12.0 Å². The minimum absolute atomic E-state index is 0.278. The van der Waals surface area contributed by atoms with Crippen LogP contribution < -0.4 is 14.4 Å². The fourth-order valence-corrected chi connectivity index (χ4v) is 5.61. The largest absolute Gasteiger partial charge is 0.496 e. The average molecular weight is 516 g/mol. The number of halogens is 1. The molecule has 0 aliphatic carbocycles. The molecule has 5 nitrogen and oxygen atoms in total. The molecule has 6 heteroatoms. The van der Waals surface area contributed by atoms with Crippen molar-refractivity contribution in [2.45, 2.75) is 65.2 Å². The first kappa shape index (κ1) is 25.8. The van der Waals surface area contributed by atoms with Gasteiger partial charge in [0.15, 0.2) is 0 Å². The Morgan fingerprint density at radius 3 is 2.42 bits per heavy atom. The monoisotopic (exact) mass is 515 g/mol. The van der Waals surface area contributed by atoms with Gasteiger partial charge in [-0.2, -0.15) is 0 Å². The lowest BCUT2D eigenvalue weighted by Crippen LogP contribution is -2.51. The Morgan fingerprint density at radius 1 is 1.05 bits per heavy atom. The zero-order chi connectivity index (χ0) is 27.4. The SMILES string of the molecule is COc1cccc2c1-c1ccc3c(c1C(Cc1ccc(F)cc1)O2)C(C)=CC(C)(C)N3C(=O)OC(C)(C)C. The van der Waals surface area contributed by atoms with Crippen LogP contribution in [0.3, 0.4) is 0 Å². The molecule has 3 aromatic carbocycles. The third-order valence-corrected chi connectivity index (χ3v) is 6.98. The van der Waals surface area contributed by atoms with E-state index in [2.05, 4.69) is 13.0 Å². The van der Waals surface area contributed by atoms with Crippen LogP contribution in [0.25, 0.3) is 16.7 Å². The fraction of sp³-hybridized carbons (Fsp3) is 0.344. The first-order valence-electron chi connectivity index (χ1n) is 12.9. The molecular formula is C32H34FNO4. The summed E-state index contributed by atoms with van der Waals surface area (Å²) in [5, 5.41) is 0. The highest BCUT2D eigenvalue weighted by molar-refractivity contribution is 6.00. The van der Waals surface area contributed by atoms with E-state index >= 15 is 0 Å². The van der Waals surface area contributed by atoms with Crippen molar-refractivity contribution in [1.29, 1.82) is 0 Å². The molecule has 0 spiro atoms. The van der Waals surface area contributed by atoms with Crippen molar-refractivity contribution in [3.8, 4) is 22.6 Å². The molecule has 5 rings (SSSR count). The quantitative estimate of drug-likeness (QED) is 0.353. The third kappa shape index (κ3) is 4.53. The molecule has 2 heterocycles. The lowest BCUT2D eigenvalue weighted by molar-refractivity contribution is 0.0556. The molecule has 0 bridgehead atoms. The average Bonchev–Trinajstić information content (AvgIpc) is 2.82. The van der Waals surface area contributed by atoms with Gasteiger partial charge in [0.1, 0.15) is 29.0 Å². The molecule has 0 radical (unpaired) electrons. The van der Waals surface area contributed by atoms with Gasteiger partial charge in [0.2, 0.25) is 0 Å². The molecule has 0 saturated carbocycles. The summed E-state index contributed by atoms with van der Waals surface area (Å²) in [6.45, 7) is 11.7. The Labute approximate surface area is 223 Å². The van der Waals surface area contributed by atoms with Crippen molar-refractivity contribution in [1.82, 2.24) is 0 Å². The summed E-state index contributed by atoms with van der Waals surface area (Å²) in [4.78, 5) is 15.3. The Bertz CT molecular complexity index is 1430. The van der Waals surface area contributed by atoms with Crippen LogP contribution in [0, 0.1) is 5.82 Å². The summed E-state index contributed by atoms with van der Waals surface area (Å²) in [6, 6.07) is 16.3. The maximum Gasteiger partial charge on any atom is 0.415 e. The van der Waals surface area contributed by atoms with Crippen LogP contribution in [-0.2, 0) is 11.2 Å². The molecule has 0 aromatic heterocycles. The number of nitrogens with zero attached hydrogens (tertiary/aromatic N) is 1. The van der Waals surface area contributed by atoms with Gasteiger partial charge in [0.25, 0.3) is 0 Å². The van der Waals surface area contributed by atoms with Crippen LogP contribution in [0.15, 0.2) is 60.7 Å². The standard InChI is InChI=1S/C32H34FNO4/c1-19-18-32(5,6)34(30(35)38-31(2,3)4)23-16-15-22-28-24(36-7)9-8-10-25(28)37-26(29(22)27(19)23)17-20-11-13-21(33)14-12-20/h8-16,18,26H,17H2,1-7H3. The van der Waals surface area contributed by atoms with Gasteiger partial charge in [-0.05, 0) is 88.6 Å². The van der Waals surface area contributed by atoms with E-state index in [0.717, 1.165) is 44.8 Å². The van der Waals surface area contributed by atoms with Crippen molar-refractivity contribution < 1.29 is 23.4 Å². The second kappa shape index (κ2) is 9.19. The molecular weight excluding hydrogens is 481 g/mol. The fourth-order valence-electron chi connectivity index (χ4n) is 5.61. The number of carbonyl (C=O) groups excluding carboxylic acids is 1. The van der Waals surface area contributed by atoms with Gasteiger partial charge in [0, 0.05) is 17.5 Å². The number of carbonyl (C=O) groups is 1. The predicted molar refractivity (Wildman–Crippen MR) is 148 cm³/mol. The molecule has 0 fully saturated rings. The number of methoxy groups -OCH3 is 1. The van der Waals surface area contributed by atoms with E-state index in [0.29, 0.717) is 12.2 Å². The van der Waals surface area contributed by atoms with E-state index in [-0.39, 0.29) is 11.9 Å². The number of amides is 1. The second-order valence-electron chi connectivity index (χ2n) is 11.5. The summed E-state index contributed by atoms with van der Waals surface area (Å²) >= 11 is 0. The molecule has 1 unspecified atom stereocenters. The maximum atomic E-state index is 13.7. The number of rotatable bonds is 3. The number of allylic oxidation sites excluding steroid dienone is 1. The first-order valence-corrected chi connectivity index (χ1v) is 12.9. The topological polar surface area (TPSA) is 48.0 Å². The Morgan fingerprint density at radius 2 is 1.76 bits per heavy atom. The van der Waals surface area contributed by atoms with Crippen molar-refractivity contribution >= 4 is 17.4 Å². The normalized spacial score (nSPS) is 17.4. The highest BCUT2D eigenvalue weighted by Gasteiger charge is 2.42. The molecule has 1 atom stereocenters. The van der Waals surface area contributed by atoms with Crippen LogP contribution in [-0.4, -0.2) is 24.3 Å². The van der Waals surface area contributed by atoms with Crippen LogP contribution in [0.1, 0.15) is 64.3 Å². The van der Waals surface area contributed by atoms with Gasteiger partial charge >= 0.3 is 6.09 Å². The Balaban J connectivity index is 1.74. The van der Waals surface area contributed by atoms with E-state index in [9.17, 15) is 9.18 Å². The number of ether oxygens (including phenoxy) is 3. The van der Waals surface area contributed by atoms with Crippen molar-refractivity contribution in [2.24, 2.45) is 0 Å². The lowest BCUT2D eigenvalue weighted by Gasteiger charge is -2.43. The summed E-state index contributed by atoms with van der Waals surface area (Å²) in [5.74, 6) is 1.16. The zero-order valence-electron chi connectivity index (χ0n) is 23.0. The first-order chi connectivity index (χ1) is 17.9. The van der Waals surface area contributed by atoms with Gasteiger partial charge in [-0.3, -0.25) is 4.90 Å². The van der Waals surface area contributed by atoms with E-state index < -0.39 is 17.2 Å². The number of benzene rings is 3. The number of fused-ring (bicyclic) bond motifs is 5. The van der Waals surface area contributed by atoms with Crippen LogP contribution >= 0.6 is 0 Å². The summed E-state index contributed by atoms with van der Waals surface area (Å²) < 4.78 is 31.9. The van der Waals surface area contributed by atoms with E-state index in [4.69, 9.17) is 14.2 Å². The molecule has 2 aliphatic rings. The smallest absolute Gasteiger partial charge is 0.415 e. The third-order valence-electron chi connectivity index (χ3n) is 6.98. The minimum Gasteiger partial charge on any atom is -0.496 e. The van der Waals surface area contributed by atoms with E-state index in [1.807, 2.05) is 65.0 Å². The molecule has 0 N–H and O–H groups in total. The van der Waals surface area contributed by atoms with Crippen LogP contribution in [0.2, 0.25) is 0 Å². The summed E-state index contributed by atoms with van der Waals surface area (Å²) in [5.41, 5.74) is 5.31. The highest BCUT2D eigenvalue weighted by atomic mass is 19.1. The van der Waals surface area contributed by atoms with Crippen LogP contribution in [0.5, 0.6) is 11.5 Å². The zero-order valence-corrected chi connectivity index (χ0v) is 23.0. The van der Waals surface area contributed by atoms with Gasteiger partial charge in [-0.1, -0.05) is 30.3 Å². The molecule has 198 valence electrons. The van der Waals surface area contributed by atoms with Gasteiger partial charge < -0.3 is 14.2 Å². The van der Waals surface area contributed by atoms with E-state index in [1.165, 1.54) is 12.1 Å². The molecule has 1 amide bonds. The number of anilines is 1. The number of hydrogen-bond acceptors (Lipinski definition) is 4. The summed E-state index contributed by atoms with van der Waals surface area (Å²) in [7, 11) is 1.65. The van der Waals surface area contributed by atoms with E-state index in [1.54, 1.807) is 24.1 Å². The predicted octanol–water partition coefficient (Wildman–Crippen LogP) is 8.11. The summed E-state index contributed by atoms with van der Waals surface area (Å²) in [6.07, 6.45) is 1.86. The second-order valence-corrected chi connectivity index (χ2v) is 11.5. The molecule has 38 heavy (non-hydrogen) atoms.